The molecule has 0 aliphatic heterocycles. The van der Waals surface area contributed by atoms with Crippen LogP contribution in [-0.4, -0.2) is 23.2 Å². The molecule has 1 N–H and O–H groups in total. The van der Waals surface area contributed by atoms with Crippen molar-refractivity contribution in [2.75, 3.05) is 0 Å². The molecule has 0 amide bonds. The Balaban J connectivity index is 1.65. The van der Waals surface area contributed by atoms with Crippen molar-refractivity contribution in [2.24, 2.45) is 34.5 Å². The van der Waals surface area contributed by atoms with E-state index in [2.05, 4.69) is 13.8 Å². The van der Waals surface area contributed by atoms with Gasteiger partial charge in [0.05, 0.1) is 6.10 Å². The van der Waals surface area contributed by atoms with E-state index in [0.717, 1.165) is 44.9 Å². The normalized spacial score (nSPS) is 57.9. The third kappa shape index (κ3) is 1.78. The number of carbonyl (C=O) groups excluding carboxylic acids is 1. The van der Waals surface area contributed by atoms with Crippen molar-refractivity contribution in [2.45, 2.75) is 77.5 Å². The highest BCUT2D eigenvalue weighted by Gasteiger charge is 2.61. The van der Waals surface area contributed by atoms with Gasteiger partial charge in [-0.1, -0.05) is 13.8 Å². The molecule has 4 fully saturated rings. The number of fused-ring (bicyclic) bond motifs is 5. The summed E-state index contributed by atoms with van der Waals surface area (Å²) in [6.45, 7) is 4.55. The van der Waals surface area contributed by atoms with Crippen LogP contribution in [0.25, 0.3) is 0 Å². The average Bonchev–Trinajstić information content (AvgIpc) is 2.79. The maximum atomic E-state index is 14.5. The molecule has 4 rings (SSSR count). The van der Waals surface area contributed by atoms with Gasteiger partial charge in [-0.25, -0.2) is 4.39 Å². The quantitative estimate of drug-likeness (QED) is 0.737. The molecular weight excluding hydrogens is 279 g/mol. The van der Waals surface area contributed by atoms with Crippen LogP contribution in [0.2, 0.25) is 0 Å². The monoisotopic (exact) mass is 308 g/mol. The first-order valence-corrected chi connectivity index (χ1v) is 9.23. The van der Waals surface area contributed by atoms with Gasteiger partial charge in [-0.3, -0.25) is 4.79 Å². The molecule has 22 heavy (non-hydrogen) atoms. The summed E-state index contributed by atoms with van der Waals surface area (Å²) in [6.07, 6.45) is 6.14. The first-order chi connectivity index (χ1) is 10.4. The van der Waals surface area contributed by atoms with Crippen LogP contribution in [0.15, 0.2) is 0 Å². The van der Waals surface area contributed by atoms with E-state index >= 15 is 0 Å². The molecule has 0 aromatic heterocycles. The average molecular weight is 308 g/mol. The van der Waals surface area contributed by atoms with Crippen LogP contribution in [0.3, 0.4) is 0 Å². The lowest BCUT2D eigenvalue weighted by Crippen LogP contribution is -2.56. The minimum Gasteiger partial charge on any atom is -0.393 e. The van der Waals surface area contributed by atoms with E-state index in [4.69, 9.17) is 0 Å². The van der Waals surface area contributed by atoms with Gasteiger partial charge in [0.15, 0.2) is 12.0 Å². The predicted molar refractivity (Wildman–Crippen MR) is 83.0 cm³/mol. The van der Waals surface area contributed by atoms with Gasteiger partial charge in [0.2, 0.25) is 0 Å². The van der Waals surface area contributed by atoms with E-state index in [0.29, 0.717) is 24.2 Å². The lowest BCUT2D eigenvalue weighted by molar-refractivity contribution is -0.155. The fourth-order valence-electron chi connectivity index (χ4n) is 7.06. The smallest absolute Gasteiger partial charge is 0.167 e. The third-order valence-electron chi connectivity index (χ3n) is 8.46. The highest BCUT2D eigenvalue weighted by Crippen LogP contribution is 2.66. The topological polar surface area (TPSA) is 37.3 Å². The number of aliphatic hydroxyl groups is 1. The zero-order valence-corrected chi connectivity index (χ0v) is 13.9. The maximum absolute atomic E-state index is 14.5. The largest absolute Gasteiger partial charge is 0.393 e. The number of Topliss-reactive ketones (excluding diaryl/α,β-unsaturated/α-hetero) is 1. The third-order valence-corrected chi connectivity index (χ3v) is 8.46. The SMILES string of the molecule is C[C@]12CC[C@H]3[C@@H](CCC4[C@H](F)C(=O)CC[C@@]43C)[C@@H]1CC[C@@H]2O. The maximum Gasteiger partial charge on any atom is 0.167 e. The van der Waals surface area contributed by atoms with E-state index in [1.54, 1.807) is 0 Å². The summed E-state index contributed by atoms with van der Waals surface area (Å²) in [7, 11) is 0. The van der Waals surface area contributed by atoms with Crippen molar-refractivity contribution in [1.29, 1.82) is 0 Å². The van der Waals surface area contributed by atoms with Gasteiger partial charge in [0, 0.05) is 12.3 Å². The van der Waals surface area contributed by atoms with Gasteiger partial charge in [0.1, 0.15) is 0 Å². The second-order valence-electron chi connectivity index (χ2n) is 9.07. The summed E-state index contributed by atoms with van der Waals surface area (Å²) < 4.78 is 14.5. The number of carbonyl (C=O) groups is 1. The minimum atomic E-state index is -1.22. The first-order valence-electron chi connectivity index (χ1n) is 9.23. The van der Waals surface area contributed by atoms with Crippen LogP contribution >= 0.6 is 0 Å². The van der Waals surface area contributed by atoms with Crippen molar-refractivity contribution in [1.82, 2.24) is 0 Å². The Hall–Kier alpha value is -0.440. The van der Waals surface area contributed by atoms with Gasteiger partial charge >= 0.3 is 0 Å². The van der Waals surface area contributed by atoms with Gasteiger partial charge in [0.25, 0.3) is 0 Å². The predicted octanol–water partition coefficient (Wildman–Crippen LogP) is 3.91. The zero-order chi connectivity index (χ0) is 15.7. The Bertz CT molecular complexity index is 492. The molecule has 1 unspecified atom stereocenters. The van der Waals surface area contributed by atoms with Gasteiger partial charge < -0.3 is 5.11 Å². The van der Waals surface area contributed by atoms with Crippen molar-refractivity contribution >= 4 is 5.78 Å². The second-order valence-corrected chi connectivity index (χ2v) is 9.07. The summed E-state index contributed by atoms with van der Waals surface area (Å²) in [5.74, 6) is 1.59. The van der Waals surface area contributed by atoms with E-state index in [1.807, 2.05) is 0 Å². The molecule has 124 valence electrons. The van der Waals surface area contributed by atoms with Gasteiger partial charge in [-0.2, -0.15) is 0 Å². The number of rotatable bonds is 0. The van der Waals surface area contributed by atoms with Crippen molar-refractivity contribution < 1.29 is 14.3 Å². The number of alkyl halides is 1. The molecule has 2 nitrogen and oxygen atoms in total. The molecule has 0 saturated heterocycles. The summed E-state index contributed by atoms with van der Waals surface area (Å²) in [5, 5.41) is 10.4. The van der Waals surface area contributed by atoms with E-state index < -0.39 is 6.17 Å². The van der Waals surface area contributed by atoms with Crippen LogP contribution < -0.4 is 0 Å². The Morgan fingerprint density at radius 2 is 1.64 bits per heavy atom. The minimum absolute atomic E-state index is 0.00508. The van der Waals surface area contributed by atoms with Gasteiger partial charge in [-0.15, -0.1) is 0 Å². The number of hydrogen-bond donors (Lipinski definition) is 1. The van der Waals surface area contributed by atoms with E-state index in [1.165, 1.54) is 0 Å². The van der Waals surface area contributed by atoms with E-state index in [-0.39, 0.29) is 28.6 Å². The molecule has 0 radical (unpaired) electrons. The van der Waals surface area contributed by atoms with Crippen LogP contribution in [-0.2, 0) is 4.79 Å². The molecule has 0 bridgehead atoms. The first kappa shape index (κ1) is 15.1. The summed E-state index contributed by atoms with van der Waals surface area (Å²) in [5.41, 5.74) is 0.0923. The number of hydrogen-bond acceptors (Lipinski definition) is 2. The fraction of sp³-hybridized carbons (Fsp3) is 0.947. The number of ketones is 1. The molecule has 0 aromatic carbocycles. The Kier molecular flexibility index (Phi) is 3.28. The van der Waals surface area contributed by atoms with Gasteiger partial charge in [-0.05, 0) is 73.5 Å². The van der Waals surface area contributed by atoms with Crippen molar-refractivity contribution in [3.63, 3.8) is 0 Å². The van der Waals surface area contributed by atoms with Crippen LogP contribution in [0.5, 0.6) is 0 Å². The molecule has 0 heterocycles. The van der Waals surface area contributed by atoms with Crippen molar-refractivity contribution in [3.8, 4) is 0 Å². The molecule has 3 heteroatoms. The van der Waals surface area contributed by atoms with Crippen molar-refractivity contribution in [3.05, 3.63) is 0 Å². The zero-order valence-electron chi connectivity index (χ0n) is 13.9. The standard InChI is InChI=1S/C19H29FO2/c1-18-10-8-15(21)17(20)14(18)4-3-11-12-5-6-16(22)19(12,2)9-7-13(11)18/h11-14,16-17,22H,3-10H2,1-2H3/t11-,12-,13-,14?,16-,17-,18+,19-/m0/s1. The highest BCUT2D eigenvalue weighted by atomic mass is 19.1. The molecule has 0 aromatic rings. The van der Waals surface area contributed by atoms with Crippen LogP contribution in [0.1, 0.15) is 65.2 Å². The lowest BCUT2D eigenvalue weighted by Gasteiger charge is -2.60. The lowest BCUT2D eigenvalue weighted by atomic mass is 9.45. The van der Waals surface area contributed by atoms with E-state index in [9.17, 15) is 14.3 Å². The summed E-state index contributed by atoms with van der Waals surface area (Å²) in [6, 6.07) is 0. The number of halogens is 1. The summed E-state index contributed by atoms with van der Waals surface area (Å²) in [4.78, 5) is 11.8. The highest BCUT2D eigenvalue weighted by molar-refractivity contribution is 5.84. The molecule has 4 saturated carbocycles. The molecule has 8 atom stereocenters. The molecular formula is C19H29FO2. The Labute approximate surface area is 132 Å². The summed E-state index contributed by atoms with van der Waals surface area (Å²) >= 11 is 0. The molecule has 4 aliphatic carbocycles. The second kappa shape index (κ2) is 4.78. The van der Waals surface area contributed by atoms with Crippen LogP contribution in [0, 0.1) is 34.5 Å². The Morgan fingerprint density at radius 1 is 0.955 bits per heavy atom. The molecule has 4 aliphatic rings. The molecule has 0 spiro atoms. The number of aliphatic hydroxyl groups excluding tert-OH is 1. The Morgan fingerprint density at radius 3 is 2.41 bits per heavy atom. The van der Waals surface area contributed by atoms with Crippen LogP contribution in [0.4, 0.5) is 4.39 Å². The fourth-order valence-corrected chi connectivity index (χ4v) is 7.06.